The minimum absolute atomic E-state index is 0.0872. The van der Waals surface area contributed by atoms with E-state index in [-0.39, 0.29) is 41.6 Å². The standard InChI is InChI=1S/C29H31ClN4O5S/c1-29(2,3)27-25-26(18-7-8-21-22(13-18)39-17-38-21)40-16-24(36)33(15-23(35)32-9-11-37-12-10-32)28(25)34(31-27)20-6-4-5-19(30)14-20/h4-8,13-14,26H,9-12,15-17H2,1-3H3/t26-/m1/s1. The second kappa shape index (κ2) is 10.6. The molecule has 3 aromatic rings. The number of halogens is 1. The first-order valence-corrected chi connectivity index (χ1v) is 14.7. The predicted octanol–water partition coefficient (Wildman–Crippen LogP) is 4.58. The van der Waals surface area contributed by atoms with Crippen molar-refractivity contribution >= 4 is 41.0 Å². The number of amides is 2. The van der Waals surface area contributed by atoms with E-state index in [1.165, 1.54) is 11.8 Å². The molecule has 0 radical (unpaired) electrons. The molecule has 40 heavy (non-hydrogen) atoms. The zero-order valence-electron chi connectivity index (χ0n) is 22.7. The van der Waals surface area contributed by atoms with Gasteiger partial charge in [0, 0.05) is 29.1 Å². The molecule has 9 nitrogen and oxygen atoms in total. The lowest BCUT2D eigenvalue weighted by atomic mass is 9.87. The fraction of sp³-hybridized carbons (Fsp3) is 0.414. The second-order valence-electron chi connectivity index (χ2n) is 11.0. The Morgan fingerprint density at radius 3 is 2.62 bits per heavy atom. The first-order valence-electron chi connectivity index (χ1n) is 13.3. The van der Waals surface area contributed by atoms with Gasteiger partial charge in [0.15, 0.2) is 11.5 Å². The van der Waals surface area contributed by atoms with Gasteiger partial charge in [0.2, 0.25) is 18.6 Å². The molecule has 1 fully saturated rings. The summed E-state index contributed by atoms with van der Waals surface area (Å²) < 4.78 is 18.5. The molecule has 6 rings (SSSR count). The van der Waals surface area contributed by atoms with Gasteiger partial charge in [-0.1, -0.05) is 44.5 Å². The molecule has 2 amide bonds. The Morgan fingerprint density at radius 1 is 1.10 bits per heavy atom. The van der Waals surface area contributed by atoms with Crippen LogP contribution in [0.3, 0.4) is 0 Å². The number of rotatable bonds is 4. The van der Waals surface area contributed by atoms with E-state index >= 15 is 0 Å². The van der Waals surface area contributed by atoms with Crippen LogP contribution in [0.15, 0.2) is 42.5 Å². The zero-order valence-corrected chi connectivity index (χ0v) is 24.3. The van der Waals surface area contributed by atoms with Gasteiger partial charge in [0.05, 0.1) is 35.6 Å². The highest BCUT2D eigenvalue weighted by Crippen LogP contribution is 2.50. The van der Waals surface area contributed by atoms with Crippen LogP contribution in [0.2, 0.25) is 5.02 Å². The monoisotopic (exact) mass is 582 g/mol. The number of benzene rings is 2. The second-order valence-corrected chi connectivity index (χ2v) is 12.5. The van der Waals surface area contributed by atoms with Crippen LogP contribution < -0.4 is 14.4 Å². The zero-order chi connectivity index (χ0) is 28.0. The van der Waals surface area contributed by atoms with Crippen LogP contribution in [0.1, 0.15) is 42.8 Å². The molecule has 0 saturated carbocycles. The van der Waals surface area contributed by atoms with E-state index in [2.05, 4.69) is 20.8 Å². The molecule has 210 valence electrons. The van der Waals surface area contributed by atoms with E-state index in [1.54, 1.807) is 20.5 Å². The van der Waals surface area contributed by atoms with Crippen molar-refractivity contribution in [2.75, 3.05) is 50.3 Å². The third-order valence-corrected chi connectivity index (χ3v) is 8.70. The van der Waals surface area contributed by atoms with Gasteiger partial charge in [-0.25, -0.2) is 4.68 Å². The highest BCUT2D eigenvalue weighted by Gasteiger charge is 2.40. The number of thioether (sulfide) groups is 1. The first kappa shape index (κ1) is 27.0. The van der Waals surface area contributed by atoms with Crippen LogP contribution in [0.4, 0.5) is 5.82 Å². The van der Waals surface area contributed by atoms with Crippen molar-refractivity contribution in [1.29, 1.82) is 0 Å². The Labute approximate surface area is 242 Å². The van der Waals surface area contributed by atoms with Crippen LogP contribution in [0, 0.1) is 0 Å². The minimum atomic E-state index is -0.365. The van der Waals surface area contributed by atoms with Gasteiger partial charge in [-0.2, -0.15) is 5.10 Å². The number of hydrogen-bond donors (Lipinski definition) is 0. The van der Waals surface area contributed by atoms with Crippen molar-refractivity contribution in [3.63, 3.8) is 0 Å². The van der Waals surface area contributed by atoms with Gasteiger partial charge in [0.25, 0.3) is 0 Å². The summed E-state index contributed by atoms with van der Waals surface area (Å²) in [5.41, 5.74) is 3.07. The number of aromatic nitrogens is 2. The predicted molar refractivity (Wildman–Crippen MR) is 154 cm³/mol. The maximum Gasteiger partial charge on any atom is 0.242 e. The van der Waals surface area contributed by atoms with E-state index in [4.69, 9.17) is 30.9 Å². The van der Waals surface area contributed by atoms with E-state index in [1.807, 2.05) is 36.4 Å². The van der Waals surface area contributed by atoms with Gasteiger partial charge < -0.3 is 19.1 Å². The van der Waals surface area contributed by atoms with Crippen LogP contribution in [0.5, 0.6) is 11.5 Å². The molecule has 0 bridgehead atoms. The van der Waals surface area contributed by atoms with E-state index in [9.17, 15) is 9.59 Å². The highest BCUT2D eigenvalue weighted by atomic mass is 35.5. The summed E-state index contributed by atoms with van der Waals surface area (Å²) in [5, 5.41) is 5.43. The normalized spacial score (nSPS) is 19.0. The molecule has 0 aliphatic carbocycles. The summed E-state index contributed by atoms with van der Waals surface area (Å²) in [6.45, 7) is 8.39. The van der Waals surface area contributed by atoms with Gasteiger partial charge in [-0.3, -0.25) is 14.5 Å². The highest BCUT2D eigenvalue weighted by molar-refractivity contribution is 8.00. The molecule has 0 N–H and O–H groups in total. The SMILES string of the molecule is CC(C)(C)c1nn(-c2cccc(Cl)c2)c2c1[C@@H](c1ccc3c(c1)OCO3)SCC(=O)N2CC(=O)N1CCOCC1. The molecule has 3 aliphatic rings. The first-order chi connectivity index (χ1) is 19.2. The topological polar surface area (TPSA) is 86.1 Å². The Balaban J connectivity index is 1.55. The molecule has 11 heteroatoms. The van der Waals surface area contributed by atoms with E-state index < -0.39 is 0 Å². The van der Waals surface area contributed by atoms with E-state index in [0.29, 0.717) is 54.3 Å². The van der Waals surface area contributed by atoms with Crippen molar-refractivity contribution in [2.24, 2.45) is 0 Å². The summed E-state index contributed by atoms with van der Waals surface area (Å²) in [6, 6.07) is 13.3. The van der Waals surface area contributed by atoms with E-state index in [0.717, 1.165) is 16.8 Å². The number of carbonyl (C=O) groups is 2. The van der Waals surface area contributed by atoms with Gasteiger partial charge in [-0.05, 0) is 35.9 Å². The molecule has 0 unspecified atom stereocenters. The number of hydrogen-bond acceptors (Lipinski definition) is 7. The summed E-state index contributed by atoms with van der Waals surface area (Å²) in [6.07, 6.45) is 0. The van der Waals surface area contributed by atoms with Crippen molar-refractivity contribution < 1.29 is 23.8 Å². The Hall–Kier alpha value is -3.21. The van der Waals surface area contributed by atoms with Crippen LogP contribution in [-0.4, -0.2) is 71.9 Å². The fourth-order valence-corrected chi connectivity index (χ4v) is 6.62. The average Bonchev–Trinajstić information content (AvgIpc) is 3.54. The number of morpholine rings is 1. The van der Waals surface area contributed by atoms with Gasteiger partial charge in [-0.15, -0.1) is 11.8 Å². The Bertz CT molecular complexity index is 1460. The lowest BCUT2D eigenvalue weighted by molar-refractivity contribution is -0.134. The van der Waals surface area contributed by atoms with Crippen molar-refractivity contribution in [3.8, 4) is 17.2 Å². The molecular formula is C29H31ClN4O5S. The molecule has 1 aromatic heterocycles. The van der Waals surface area contributed by atoms with Crippen molar-refractivity contribution in [2.45, 2.75) is 31.4 Å². The third kappa shape index (κ3) is 5.04. The maximum atomic E-state index is 13.9. The number of carbonyl (C=O) groups excluding carboxylic acids is 2. The average molecular weight is 583 g/mol. The summed E-state index contributed by atoms with van der Waals surface area (Å²) >= 11 is 7.94. The van der Waals surface area contributed by atoms with Crippen LogP contribution >= 0.6 is 23.4 Å². The fourth-order valence-electron chi connectivity index (χ4n) is 5.25. The maximum absolute atomic E-state index is 13.9. The van der Waals surface area contributed by atoms with Gasteiger partial charge in [0.1, 0.15) is 12.4 Å². The van der Waals surface area contributed by atoms with Crippen molar-refractivity contribution in [3.05, 3.63) is 64.3 Å². The number of anilines is 1. The summed E-state index contributed by atoms with van der Waals surface area (Å²) in [4.78, 5) is 30.7. The molecule has 1 saturated heterocycles. The molecule has 2 aromatic carbocycles. The Morgan fingerprint density at radius 2 is 1.88 bits per heavy atom. The lowest BCUT2D eigenvalue weighted by Crippen LogP contribution is -2.48. The molecule has 1 atom stereocenters. The largest absolute Gasteiger partial charge is 0.454 e. The number of ether oxygens (including phenoxy) is 3. The third-order valence-electron chi connectivity index (χ3n) is 7.21. The molecule has 4 heterocycles. The molecule has 3 aliphatic heterocycles. The number of nitrogens with zero attached hydrogens (tertiary/aromatic N) is 4. The van der Waals surface area contributed by atoms with Crippen LogP contribution in [0.25, 0.3) is 5.69 Å². The van der Waals surface area contributed by atoms with Crippen molar-refractivity contribution in [1.82, 2.24) is 14.7 Å². The smallest absolute Gasteiger partial charge is 0.242 e. The molecular weight excluding hydrogens is 552 g/mol. The summed E-state index contributed by atoms with van der Waals surface area (Å²) in [5.74, 6) is 1.89. The lowest BCUT2D eigenvalue weighted by Gasteiger charge is -2.30. The number of fused-ring (bicyclic) bond motifs is 2. The molecule has 0 spiro atoms. The summed E-state index contributed by atoms with van der Waals surface area (Å²) in [7, 11) is 0. The minimum Gasteiger partial charge on any atom is -0.454 e. The van der Waals surface area contributed by atoms with Gasteiger partial charge >= 0.3 is 0 Å². The quantitative estimate of drug-likeness (QED) is 0.445. The Kier molecular flexibility index (Phi) is 7.18. The van der Waals surface area contributed by atoms with Crippen LogP contribution in [-0.2, 0) is 19.7 Å².